The molecule has 0 atom stereocenters. The average Bonchev–Trinajstić information content (AvgIpc) is 2.48. The molecule has 0 spiro atoms. The number of aryl methyl sites for hydroxylation is 2. The van der Waals surface area contributed by atoms with Gasteiger partial charge in [-0.05, 0) is 24.5 Å². The first kappa shape index (κ1) is 14.1. The van der Waals surface area contributed by atoms with E-state index in [2.05, 4.69) is 6.92 Å². The second-order valence-corrected chi connectivity index (χ2v) is 4.71. The lowest BCUT2D eigenvalue weighted by Gasteiger charge is -2.10. The number of nitrogen functional groups attached to an aromatic ring is 1. The summed E-state index contributed by atoms with van der Waals surface area (Å²) in [5, 5.41) is 0. The summed E-state index contributed by atoms with van der Waals surface area (Å²) in [4.78, 5) is 24.2. The van der Waals surface area contributed by atoms with E-state index in [1.54, 1.807) is 0 Å². The highest BCUT2D eigenvalue weighted by atomic mass is 16.2. The Morgan fingerprint density at radius 2 is 1.65 bits per heavy atom. The van der Waals surface area contributed by atoms with E-state index in [-0.39, 0.29) is 17.9 Å². The van der Waals surface area contributed by atoms with Gasteiger partial charge in [0, 0.05) is 12.7 Å². The van der Waals surface area contributed by atoms with E-state index in [0.717, 1.165) is 12.0 Å². The zero-order valence-electron chi connectivity index (χ0n) is 11.8. The lowest BCUT2D eigenvalue weighted by molar-refractivity contribution is 0.603. The first-order chi connectivity index (χ1) is 9.56. The standard InChI is InChI=1S/C15H19N3O2/c1-3-11-5-7-12(8-6-11)9-18-14(19)13(16)10-17(4-2)15(18)20/h5-8,10H,3-4,9,16H2,1-2H3. The van der Waals surface area contributed by atoms with Crippen LogP contribution >= 0.6 is 0 Å². The predicted octanol–water partition coefficient (Wildman–Crippen LogP) is 1.22. The Bertz CT molecular complexity index is 711. The molecule has 2 aromatic rings. The van der Waals surface area contributed by atoms with E-state index in [4.69, 9.17) is 5.73 Å². The van der Waals surface area contributed by atoms with Crippen LogP contribution in [0.4, 0.5) is 5.69 Å². The summed E-state index contributed by atoms with van der Waals surface area (Å²) in [5.41, 5.74) is 7.14. The normalized spacial score (nSPS) is 10.7. The topological polar surface area (TPSA) is 70.0 Å². The maximum absolute atomic E-state index is 12.2. The van der Waals surface area contributed by atoms with Gasteiger partial charge < -0.3 is 5.73 Å². The van der Waals surface area contributed by atoms with E-state index in [1.807, 2.05) is 31.2 Å². The van der Waals surface area contributed by atoms with Gasteiger partial charge in [0.25, 0.3) is 5.56 Å². The summed E-state index contributed by atoms with van der Waals surface area (Å²) in [6.07, 6.45) is 2.36. The van der Waals surface area contributed by atoms with Gasteiger partial charge >= 0.3 is 5.69 Å². The van der Waals surface area contributed by atoms with Crippen LogP contribution in [-0.4, -0.2) is 9.13 Å². The molecule has 2 rings (SSSR count). The van der Waals surface area contributed by atoms with Crippen LogP contribution in [-0.2, 0) is 19.5 Å². The van der Waals surface area contributed by atoms with Gasteiger partial charge in [-0.2, -0.15) is 0 Å². The molecule has 0 saturated carbocycles. The molecule has 0 saturated heterocycles. The van der Waals surface area contributed by atoms with Crippen molar-refractivity contribution in [2.24, 2.45) is 0 Å². The molecule has 2 N–H and O–H groups in total. The molecule has 0 aliphatic heterocycles. The van der Waals surface area contributed by atoms with Crippen molar-refractivity contribution in [2.75, 3.05) is 5.73 Å². The molecular formula is C15H19N3O2. The number of hydrogen-bond donors (Lipinski definition) is 1. The minimum absolute atomic E-state index is 0.0941. The number of hydrogen-bond acceptors (Lipinski definition) is 3. The van der Waals surface area contributed by atoms with Crippen molar-refractivity contribution in [3.05, 3.63) is 62.4 Å². The molecule has 0 amide bonds. The van der Waals surface area contributed by atoms with E-state index >= 15 is 0 Å². The van der Waals surface area contributed by atoms with Crippen LogP contribution in [0.5, 0.6) is 0 Å². The first-order valence-corrected chi connectivity index (χ1v) is 6.74. The highest BCUT2D eigenvalue weighted by molar-refractivity contribution is 5.31. The van der Waals surface area contributed by atoms with Gasteiger partial charge in [-0.15, -0.1) is 0 Å². The van der Waals surface area contributed by atoms with Gasteiger partial charge in [0.05, 0.1) is 6.54 Å². The molecule has 0 bridgehead atoms. The smallest absolute Gasteiger partial charge is 0.331 e. The fourth-order valence-electron chi connectivity index (χ4n) is 2.11. The third-order valence-corrected chi connectivity index (χ3v) is 3.38. The van der Waals surface area contributed by atoms with Gasteiger partial charge in [0.15, 0.2) is 0 Å². The van der Waals surface area contributed by atoms with Crippen molar-refractivity contribution in [3.63, 3.8) is 0 Å². The zero-order chi connectivity index (χ0) is 14.7. The van der Waals surface area contributed by atoms with E-state index in [9.17, 15) is 9.59 Å². The fourth-order valence-corrected chi connectivity index (χ4v) is 2.11. The van der Waals surface area contributed by atoms with Crippen LogP contribution in [0.2, 0.25) is 0 Å². The summed E-state index contributed by atoms with van der Waals surface area (Å²) < 4.78 is 2.62. The molecule has 1 aromatic heterocycles. The molecule has 0 fully saturated rings. The van der Waals surface area contributed by atoms with E-state index in [1.165, 1.54) is 20.9 Å². The van der Waals surface area contributed by atoms with Crippen LogP contribution < -0.4 is 17.0 Å². The van der Waals surface area contributed by atoms with Crippen LogP contribution in [0.3, 0.4) is 0 Å². The second kappa shape index (κ2) is 5.77. The second-order valence-electron chi connectivity index (χ2n) is 4.71. The minimum atomic E-state index is -0.431. The molecule has 0 unspecified atom stereocenters. The first-order valence-electron chi connectivity index (χ1n) is 6.74. The van der Waals surface area contributed by atoms with Crippen molar-refractivity contribution in [1.29, 1.82) is 0 Å². The van der Waals surface area contributed by atoms with Crippen molar-refractivity contribution < 1.29 is 0 Å². The molecule has 1 aromatic carbocycles. The van der Waals surface area contributed by atoms with Crippen LogP contribution in [0, 0.1) is 0 Å². The Hall–Kier alpha value is -2.30. The van der Waals surface area contributed by atoms with Crippen molar-refractivity contribution >= 4 is 5.69 Å². The van der Waals surface area contributed by atoms with Crippen LogP contribution in [0.1, 0.15) is 25.0 Å². The minimum Gasteiger partial charge on any atom is -0.393 e. The zero-order valence-corrected chi connectivity index (χ0v) is 11.8. The fraction of sp³-hybridized carbons (Fsp3) is 0.333. The Morgan fingerprint density at radius 3 is 2.20 bits per heavy atom. The summed E-state index contributed by atoms with van der Waals surface area (Å²) >= 11 is 0. The predicted molar refractivity (Wildman–Crippen MR) is 80.0 cm³/mol. The molecule has 0 radical (unpaired) electrons. The number of aromatic nitrogens is 2. The Morgan fingerprint density at radius 1 is 1.05 bits per heavy atom. The molecule has 1 heterocycles. The quantitative estimate of drug-likeness (QED) is 0.910. The number of rotatable bonds is 4. The van der Waals surface area contributed by atoms with Crippen LogP contribution in [0.25, 0.3) is 0 Å². The Kier molecular flexibility index (Phi) is 4.08. The van der Waals surface area contributed by atoms with Crippen molar-refractivity contribution in [1.82, 2.24) is 9.13 Å². The summed E-state index contributed by atoms with van der Waals surface area (Å²) in [6.45, 7) is 4.65. The third-order valence-electron chi connectivity index (χ3n) is 3.38. The van der Waals surface area contributed by atoms with Gasteiger partial charge in [-0.1, -0.05) is 31.2 Å². The molecular weight excluding hydrogens is 254 g/mol. The lowest BCUT2D eigenvalue weighted by Crippen LogP contribution is -2.40. The summed E-state index contributed by atoms with van der Waals surface area (Å²) in [5.74, 6) is 0. The van der Waals surface area contributed by atoms with Crippen molar-refractivity contribution in [3.8, 4) is 0 Å². The van der Waals surface area contributed by atoms with Gasteiger partial charge in [-0.3, -0.25) is 13.9 Å². The molecule has 0 aliphatic carbocycles. The largest absolute Gasteiger partial charge is 0.393 e. The highest BCUT2D eigenvalue weighted by Gasteiger charge is 2.09. The molecule has 20 heavy (non-hydrogen) atoms. The third kappa shape index (κ3) is 2.66. The van der Waals surface area contributed by atoms with Crippen LogP contribution in [0.15, 0.2) is 40.1 Å². The number of nitrogens with zero attached hydrogens (tertiary/aromatic N) is 2. The summed E-state index contributed by atoms with van der Waals surface area (Å²) in [7, 11) is 0. The van der Waals surface area contributed by atoms with Crippen molar-refractivity contribution in [2.45, 2.75) is 33.4 Å². The Labute approximate surface area is 117 Å². The van der Waals surface area contributed by atoms with E-state index < -0.39 is 5.56 Å². The molecule has 0 aliphatic rings. The van der Waals surface area contributed by atoms with Gasteiger partial charge in [0.1, 0.15) is 5.69 Å². The molecule has 106 valence electrons. The molecule has 5 nitrogen and oxygen atoms in total. The SMILES string of the molecule is CCc1ccc(Cn2c(=O)c(N)cn(CC)c2=O)cc1. The maximum Gasteiger partial charge on any atom is 0.331 e. The number of nitrogens with two attached hydrogens (primary N) is 1. The summed E-state index contributed by atoms with van der Waals surface area (Å²) in [6, 6.07) is 7.88. The number of benzene rings is 1. The Balaban J connectivity index is 2.44. The monoisotopic (exact) mass is 273 g/mol. The van der Waals surface area contributed by atoms with Gasteiger partial charge in [0.2, 0.25) is 0 Å². The van der Waals surface area contributed by atoms with Gasteiger partial charge in [-0.25, -0.2) is 4.79 Å². The highest BCUT2D eigenvalue weighted by Crippen LogP contribution is 2.05. The lowest BCUT2D eigenvalue weighted by atomic mass is 10.1. The molecule has 5 heteroatoms. The number of anilines is 1. The maximum atomic E-state index is 12.2. The average molecular weight is 273 g/mol. The van der Waals surface area contributed by atoms with E-state index in [0.29, 0.717) is 6.54 Å².